The van der Waals surface area contributed by atoms with Gasteiger partial charge in [-0.05, 0) is 42.0 Å². The zero-order chi connectivity index (χ0) is 22.0. The van der Waals surface area contributed by atoms with E-state index in [2.05, 4.69) is 14.9 Å². The van der Waals surface area contributed by atoms with Gasteiger partial charge in [0, 0.05) is 0 Å². The first-order valence-corrected chi connectivity index (χ1v) is 9.64. The van der Waals surface area contributed by atoms with Gasteiger partial charge in [0.1, 0.15) is 16.4 Å². The molecule has 4 rings (SSSR count). The number of pyridine rings is 1. The number of nitrogens with zero attached hydrogens (tertiary/aromatic N) is 2. The average molecular weight is 450 g/mol. The standard InChI is InChI=1S/C20H13F3N2O5S/c21-20(22,23)29-12-3-1-11(2-4-12)15-9-18(25-30-15)28-13-5-6-14(24-10-13)16-7-8-17(31-16)19(26)27/h1-8,10,15H,9H2,(H,26,27)/t15-/m1/s1. The molecule has 0 aliphatic carbocycles. The van der Waals surface area contributed by atoms with Crippen LogP contribution in [-0.4, -0.2) is 28.3 Å². The minimum atomic E-state index is -4.75. The van der Waals surface area contributed by atoms with Crippen LogP contribution in [0.4, 0.5) is 13.2 Å². The lowest BCUT2D eigenvalue weighted by Gasteiger charge is -2.11. The third-order valence-corrected chi connectivity index (χ3v) is 5.26. The first-order valence-electron chi connectivity index (χ1n) is 8.82. The van der Waals surface area contributed by atoms with Crippen molar-refractivity contribution in [3.8, 4) is 22.1 Å². The second-order valence-electron chi connectivity index (χ2n) is 6.35. The molecule has 1 aliphatic rings. The molecule has 1 atom stereocenters. The molecular formula is C20H13F3N2O5S. The summed E-state index contributed by atoms with van der Waals surface area (Å²) in [5.41, 5.74) is 1.23. The summed E-state index contributed by atoms with van der Waals surface area (Å²) in [6, 6.07) is 11.9. The Kier molecular flexibility index (Phi) is 5.51. The van der Waals surface area contributed by atoms with Crippen LogP contribution in [0.1, 0.15) is 27.8 Å². The van der Waals surface area contributed by atoms with Crippen LogP contribution in [0.15, 0.2) is 59.9 Å². The fourth-order valence-electron chi connectivity index (χ4n) is 2.79. The SMILES string of the molecule is O=C(O)c1ccc(-c2ccc(OC3=NO[C@@H](c4ccc(OC(F)(F)F)cc4)C3)cn2)s1. The number of halogens is 3. The third-order valence-electron chi connectivity index (χ3n) is 4.17. The van der Waals surface area contributed by atoms with E-state index in [9.17, 15) is 18.0 Å². The predicted molar refractivity (Wildman–Crippen MR) is 104 cm³/mol. The molecule has 0 saturated heterocycles. The molecule has 0 fully saturated rings. The second-order valence-corrected chi connectivity index (χ2v) is 7.43. The molecule has 160 valence electrons. The van der Waals surface area contributed by atoms with Crippen LogP contribution in [0, 0.1) is 0 Å². The molecule has 0 saturated carbocycles. The van der Waals surface area contributed by atoms with Gasteiger partial charge in [0.05, 0.1) is 23.2 Å². The zero-order valence-electron chi connectivity index (χ0n) is 15.5. The molecule has 2 aromatic heterocycles. The van der Waals surface area contributed by atoms with Gasteiger partial charge < -0.3 is 19.4 Å². The van der Waals surface area contributed by atoms with Crippen LogP contribution in [-0.2, 0) is 4.84 Å². The molecular weight excluding hydrogens is 437 g/mol. The first-order chi connectivity index (χ1) is 14.8. The number of rotatable bonds is 5. The van der Waals surface area contributed by atoms with Crippen molar-refractivity contribution >= 4 is 23.2 Å². The maximum atomic E-state index is 12.2. The Labute approximate surface area is 177 Å². The Morgan fingerprint density at radius 3 is 2.45 bits per heavy atom. The molecule has 3 aromatic rings. The van der Waals surface area contributed by atoms with Gasteiger partial charge in [-0.3, -0.25) is 4.98 Å². The van der Waals surface area contributed by atoms with Gasteiger partial charge in [-0.15, -0.1) is 24.5 Å². The van der Waals surface area contributed by atoms with Gasteiger partial charge in [-0.1, -0.05) is 17.3 Å². The quantitative estimate of drug-likeness (QED) is 0.570. The van der Waals surface area contributed by atoms with Crippen LogP contribution in [0.2, 0.25) is 0 Å². The van der Waals surface area contributed by atoms with E-state index in [1.165, 1.54) is 36.5 Å². The number of aromatic carboxylic acids is 1. The summed E-state index contributed by atoms with van der Waals surface area (Å²) in [6.07, 6.45) is -3.48. The summed E-state index contributed by atoms with van der Waals surface area (Å²) in [5.74, 6) is -0.610. The van der Waals surface area contributed by atoms with Gasteiger partial charge in [0.25, 0.3) is 0 Å². The fraction of sp³-hybridized carbons (Fsp3) is 0.150. The molecule has 0 bridgehead atoms. The first kappa shape index (κ1) is 20.7. The Morgan fingerprint density at radius 2 is 1.84 bits per heavy atom. The lowest BCUT2D eigenvalue weighted by atomic mass is 10.1. The molecule has 0 radical (unpaired) electrons. The van der Waals surface area contributed by atoms with Crippen molar-refractivity contribution in [1.82, 2.24) is 4.98 Å². The van der Waals surface area contributed by atoms with Crippen molar-refractivity contribution in [3.05, 3.63) is 65.2 Å². The fourth-order valence-corrected chi connectivity index (χ4v) is 3.61. The van der Waals surface area contributed by atoms with Crippen LogP contribution < -0.4 is 9.47 Å². The van der Waals surface area contributed by atoms with Crippen LogP contribution in [0.25, 0.3) is 10.6 Å². The number of alkyl halides is 3. The highest BCUT2D eigenvalue weighted by atomic mass is 32.1. The summed E-state index contributed by atoms with van der Waals surface area (Å²) in [6.45, 7) is 0. The number of carbonyl (C=O) groups is 1. The highest BCUT2D eigenvalue weighted by Gasteiger charge is 2.31. The van der Waals surface area contributed by atoms with Crippen molar-refractivity contribution in [2.24, 2.45) is 5.16 Å². The summed E-state index contributed by atoms with van der Waals surface area (Å²) in [4.78, 5) is 21.5. The molecule has 0 spiro atoms. The zero-order valence-corrected chi connectivity index (χ0v) is 16.3. The Morgan fingerprint density at radius 1 is 1.10 bits per heavy atom. The molecule has 1 N–H and O–H groups in total. The van der Waals surface area contributed by atoms with Crippen LogP contribution in [0.3, 0.4) is 0 Å². The van der Waals surface area contributed by atoms with Crippen LogP contribution in [0.5, 0.6) is 11.5 Å². The number of hydrogen-bond acceptors (Lipinski definition) is 7. The van der Waals surface area contributed by atoms with Crippen molar-refractivity contribution in [3.63, 3.8) is 0 Å². The molecule has 0 amide bonds. The number of oxime groups is 1. The lowest BCUT2D eigenvalue weighted by Crippen LogP contribution is -2.17. The Bertz CT molecular complexity index is 1110. The average Bonchev–Trinajstić information content (AvgIpc) is 3.38. The summed E-state index contributed by atoms with van der Waals surface area (Å²) >= 11 is 1.12. The topological polar surface area (TPSA) is 90.2 Å². The Hall–Kier alpha value is -3.60. The van der Waals surface area contributed by atoms with Gasteiger partial charge in [0.2, 0.25) is 5.90 Å². The van der Waals surface area contributed by atoms with Crippen molar-refractivity contribution in [2.45, 2.75) is 18.9 Å². The number of ether oxygens (including phenoxy) is 2. The number of carboxylic acid groups (broad SMARTS) is 1. The van der Waals surface area contributed by atoms with Crippen molar-refractivity contribution in [1.29, 1.82) is 0 Å². The Balaban J connectivity index is 1.35. The predicted octanol–water partition coefficient (Wildman–Crippen LogP) is 5.26. The second kappa shape index (κ2) is 8.26. The maximum absolute atomic E-state index is 12.2. The number of carboxylic acids is 1. The number of aromatic nitrogens is 1. The normalized spacial score (nSPS) is 15.8. The van der Waals surface area contributed by atoms with Crippen molar-refractivity contribution < 1.29 is 37.4 Å². The number of thiophene rings is 1. The van der Waals surface area contributed by atoms with E-state index in [0.717, 1.165) is 11.3 Å². The molecule has 11 heteroatoms. The minimum absolute atomic E-state index is 0.221. The van der Waals surface area contributed by atoms with Gasteiger partial charge in [-0.25, -0.2) is 4.79 Å². The molecule has 1 aromatic carbocycles. The molecule has 31 heavy (non-hydrogen) atoms. The summed E-state index contributed by atoms with van der Waals surface area (Å²) < 4.78 is 46.2. The van der Waals surface area contributed by atoms with Gasteiger partial charge in [-0.2, -0.15) is 0 Å². The van der Waals surface area contributed by atoms with E-state index in [1.807, 2.05) is 0 Å². The highest BCUT2D eigenvalue weighted by molar-refractivity contribution is 7.17. The van der Waals surface area contributed by atoms with Crippen molar-refractivity contribution in [2.75, 3.05) is 0 Å². The van der Waals surface area contributed by atoms with E-state index in [1.54, 1.807) is 18.2 Å². The van der Waals surface area contributed by atoms with Crippen LogP contribution >= 0.6 is 11.3 Å². The monoisotopic (exact) mass is 450 g/mol. The molecule has 3 heterocycles. The van der Waals surface area contributed by atoms with E-state index in [4.69, 9.17) is 14.7 Å². The van der Waals surface area contributed by atoms with E-state index in [-0.39, 0.29) is 17.0 Å². The molecule has 7 nitrogen and oxygen atoms in total. The molecule has 0 unspecified atom stereocenters. The smallest absolute Gasteiger partial charge is 0.477 e. The van der Waals surface area contributed by atoms with E-state index in [0.29, 0.717) is 27.8 Å². The number of benzene rings is 1. The number of hydrogen-bond donors (Lipinski definition) is 1. The lowest BCUT2D eigenvalue weighted by molar-refractivity contribution is -0.274. The van der Waals surface area contributed by atoms with Gasteiger partial charge in [0.15, 0.2) is 6.10 Å². The van der Waals surface area contributed by atoms with Gasteiger partial charge >= 0.3 is 12.3 Å². The minimum Gasteiger partial charge on any atom is -0.477 e. The highest BCUT2D eigenvalue weighted by Crippen LogP contribution is 2.31. The largest absolute Gasteiger partial charge is 0.573 e. The van der Waals surface area contributed by atoms with E-state index >= 15 is 0 Å². The van der Waals surface area contributed by atoms with E-state index < -0.39 is 18.4 Å². The summed E-state index contributed by atoms with van der Waals surface area (Å²) in [7, 11) is 0. The molecule has 1 aliphatic heterocycles. The summed E-state index contributed by atoms with van der Waals surface area (Å²) in [5, 5.41) is 12.9. The maximum Gasteiger partial charge on any atom is 0.573 e. The third kappa shape index (κ3) is 5.12.